The summed E-state index contributed by atoms with van der Waals surface area (Å²) >= 11 is 8.36. The predicted molar refractivity (Wildman–Crippen MR) is 336 cm³/mol. The Kier molecular flexibility index (Phi) is 14.0. The van der Waals surface area contributed by atoms with E-state index in [0.717, 1.165) is 51.7 Å². The normalized spacial score (nSPS) is 13.0. The molecule has 2 nitrogen and oxygen atoms in total. The molecule has 0 radical (unpaired) electrons. The van der Waals surface area contributed by atoms with Gasteiger partial charge in [-0.05, 0) is 177 Å². The van der Waals surface area contributed by atoms with Gasteiger partial charge in [-0.15, -0.1) is 0 Å². The van der Waals surface area contributed by atoms with Gasteiger partial charge in [-0.3, -0.25) is 0 Å². The molecular weight excluding hydrogens is 940 g/mol. The van der Waals surface area contributed by atoms with Crippen LogP contribution in [0.15, 0.2) is 164 Å². The summed E-state index contributed by atoms with van der Waals surface area (Å²) in [5, 5.41) is 8.22. The highest BCUT2D eigenvalue weighted by Crippen LogP contribution is 2.52. The standard InChI is InChI=1S/C73H83ClN2/c1-19-73(17,18)48-32-35-54(36-33-48)76(64-38-34-49(68(2,3)4)46-62(64)47-31-37-61-59-27-21-20-25-57(59)58-26-22-23-28-60(58)63(61)39-47)66-30-24-29-65(67(66)74)75(55-42-50(69(5,6)7)40-51(43-55)70(8,9)10)56-44-52(71(11,12)13)41-53(45-56)72(14,15)16/h20-46H,19H2,1-18H3. The van der Waals surface area contributed by atoms with Gasteiger partial charge in [0, 0.05) is 22.6 Å². The number of fused-ring (bicyclic) bond motifs is 6. The summed E-state index contributed by atoms with van der Waals surface area (Å²) in [5.74, 6) is 0. The van der Waals surface area contributed by atoms with E-state index >= 15 is 0 Å². The lowest BCUT2D eigenvalue weighted by molar-refractivity contribution is 0.506. The van der Waals surface area contributed by atoms with Crippen molar-refractivity contribution < 1.29 is 0 Å². The van der Waals surface area contributed by atoms with Gasteiger partial charge in [-0.1, -0.05) is 233 Å². The Morgan fingerprint density at radius 3 is 1.13 bits per heavy atom. The van der Waals surface area contributed by atoms with E-state index in [1.807, 2.05) is 0 Å². The van der Waals surface area contributed by atoms with Crippen molar-refractivity contribution in [3.05, 3.63) is 202 Å². The fourth-order valence-electron chi connectivity index (χ4n) is 10.7. The largest absolute Gasteiger partial charge is 0.309 e. The van der Waals surface area contributed by atoms with E-state index in [1.165, 1.54) is 65.7 Å². The number of benzene rings is 9. The van der Waals surface area contributed by atoms with Crippen LogP contribution in [-0.4, -0.2) is 0 Å². The van der Waals surface area contributed by atoms with E-state index in [1.54, 1.807) is 0 Å². The molecule has 0 spiro atoms. The second-order valence-electron chi connectivity index (χ2n) is 27.4. The van der Waals surface area contributed by atoms with Crippen LogP contribution in [0.1, 0.15) is 164 Å². The third-order valence-corrected chi connectivity index (χ3v) is 16.6. The number of hydrogen-bond donors (Lipinski definition) is 0. The minimum Gasteiger partial charge on any atom is -0.309 e. The van der Waals surface area contributed by atoms with Crippen LogP contribution in [0.4, 0.5) is 34.1 Å². The topological polar surface area (TPSA) is 6.48 Å². The first kappa shape index (κ1) is 54.4. The molecule has 3 heteroatoms. The molecule has 0 aliphatic heterocycles. The van der Waals surface area contributed by atoms with E-state index in [2.05, 4.69) is 298 Å². The zero-order chi connectivity index (χ0) is 55.1. The highest BCUT2D eigenvalue weighted by molar-refractivity contribution is 6.37. The molecule has 0 amide bonds. The van der Waals surface area contributed by atoms with Crippen molar-refractivity contribution in [1.82, 2.24) is 0 Å². The van der Waals surface area contributed by atoms with Crippen molar-refractivity contribution >= 4 is 78.0 Å². The lowest BCUT2D eigenvalue weighted by Gasteiger charge is -2.35. The van der Waals surface area contributed by atoms with E-state index < -0.39 is 0 Å². The molecule has 0 unspecified atom stereocenters. The van der Waals surface area contributed by atoms with Gasteiger partial charge in [-0.25, -0.2) is 0 Å². The highest BCUT2D eigenvalue weighted by Gasteiger charge is 2.31. The molecule has 76 heavy (non-hydrogen) atoms. The van der Waals surface area contributed by atoms with Crippen LogP contribution in [-0.2, 0) is 32.5 Å². The molecule has 9 aromatic carbocycles. The molecule has 9 rings (SSSR count). The first-order chi connectivity index (χ1) is 35.5. The van der Waals surface area contributed by atoms with E-state index in [-0.39, 0.29) is 32.5 Å². The van der Waals surface area contributed by atoms with Crippen LogP contribution in [0.5, 0.6) is 0 Å². The maximum Gasteiger partial charge on any atom is 0.0887 e. The Bertz CT molecular complexity index is 3450. The summed E-state index contributed by atoms with van der Waals surface area (Å²) in [6, 6.07) is 62.3. The monoisotopic (exact) mass is 1020 g/mol. The SMILES string of the molecule is CCC(C)(C)c1ccc(N(c2ccc(C(C)(C)C)cc2-c2ccc3c4ccccc4c4ccccc4c3c2)c2cccc(N(c3cc(C(C)(C)C)cc(C(C)(C)C)c3)c3cc(C(C)(C)C)cc(C(C)(C)C)c3)c2Cl)cc1. The van der Waals surface area contributed by atoms with Gasteiger partial charge >= 0.3 is 0 Å². The molecule has 392 valence electrons. The molecule has 0 aliphatic rings. The van der Waals surface area contributed by atoms with Crippen LogP contribution >= 0.6 is 11.6 Å². The average Bonchev–Trinajstić information content (AvgIpc) is 3.37. The maximum absolute atomic E-state index is 8.36. The number of halogens is 1. The zero-order valence-electron chi connectivity index (χ0n) is 49.1. The molecule has 0 atom stereocenters. The molecule has 0 aromatic heterocycles. The van der Waals surface area contributed by atoms with Gasteiger partial charge in [0.2, 0.25) is 0 Å². The zero-order valence-corrected chi connectivity index (χ0v) is 49.8. The number of hydrogen-bond acceptors (Lipinski definition) is 2. The molecular formula is C73H83ClN2. The van der Waals surface area contributed by atoms with Crippen molar-refractivity contribution in [2.75, 3.05) is 9.80 Å². The van der Waals surface area contributed by atoms with Crippen LogP contribution in [0.3, 0.4) is 0 Å². The summed E-state index contributed by atoms with van der Waals surface area (Å²) in [5.41, 5.74) is 15.6. The first-order valence-corrected chi connectivity index (χ1v) is 28.1. The van der Waals surface area contributed by atoms with E-state index in [4.69, 9.17) is 11.6 Å². The Labute approximate surface area is 462 Å². The van der Waals surface area contributed by atoms with Gasteiger partial charge in [0.15, 0.2) is 0 Å². The van der Waals surface area contributed by atoms with Crippen molar-refractivity contribution in [3.8, 4) is 11.1 Å². The summed E-state index contributed by atoms with van der Waals surface area (Å²) < 4.78 is 0. The summed E-state index contributed by atoms with van der Waals surface area (Å²) in [4.78, 5) is 4.88. The quantitative estimate of drug-likeness (QED) is 0.133. The Morgan fingerprint density at radius 2 is 0.711 bits per heavy atom. The summed E-state index contributed by atoms with van der Waals surface area (Å²) in [7, 11) is 0. The molecule has 0 aliphatic carbocycles. The second kappa shape index (κ2) is 19.6. The van der Waals surface area contributed by atoms with Crippen molar-refractivity contribution in [1.29, 1.82) is 0 Å². The second-order valence-corrected chi connectivity index (χ2v) is 27.8. The molecule has 0 bridgehead atoms. The third kappa shape index (κ3) is 10.6. The van der Waals surface area contributed by atoms with Crippen molar-refractivity contribution in [3.63, 3.8) is 0 Å². The summed E-state index contributed by atoms with van der Waals surface area (Å²) in [6.45, 7) is 41.7. The van der Waals surface area contributed by atoms with Gasteiger partial charge in [0.25, 0.3) is 0 Å². The smallest absolute Gasteiger partial charge is 0.0887 e. The third-order valence-electron chi connectivity index (χ3n) is 16.2. The molecule has 0 saturated heterocycles. The van der Waals surface area contributed by atoms with Crippen LogP contribution in [0.25, 0.3) is 43.4 Å². The maximum atomic E-state index is 8.36. The Balaban J connectivity index is 1.38. The lowest BCUT2D eigenvalue weighted by Crippen LogP contribution is -2.21. The van der Waals surface area contributed by atoms with Gasteiger partial charge in [0.05, 0.1) is 22.1 Å². The number of rotatable bonds is 9. The fourth-order valence-corrected chi connectivity index (χ4v) is 11.0. The van der Waals surface area contributed by atoms with Crippen molar-refractivity contribution in [2.45, 2.75) is 164 Å². The first-order valence-electron chi connectivity index (χ1n) is 27.8. The van der Waals surface area contributed by atoms with Crippen LogP contribution in [0.2, 0.25) is 5.02 Å². The Hall–Kier alpha value is -6.35. The lowest BCUT2D eigenvalue weighted by atomic mass is 9.79. The molecule has 0 N–H and O–H groups in total. The molecule has 0 fully saturated rings. The minimum absolute atomic E-state index is 0.0139. The fraction of sp³-hybridized carbons (Fsp3) is 0.342. The van der Waals surface area contributed by atoms with E-state index in [9.17, 15) is 0 Å². The van der Waals surface area contributed by atoms with Crippen LogP contribution in [0, 0.1) is 0 Å². The molecule has 9 aromatic rings. The van der Waals surface area contributed by atoms with E-state index in [0.29, 0.717) is 5.02 Å². The van der Waals surface area contributed by atoms with Gasteiger partial charge in [-0.2, -0.15) is 0 Å². The molecule has 0 heterocycles. The van der Waals surface area contributed by atoms with Crippen molar-refractivity contribution in [2.24, 2.45) is 0 Å². The number of nitrogens with zero attached hydrogens (tertiary/aromatic N) is 2. The average molecular weight is 1020 g/mol. The van der Waals surface area contributed by atoms with Crippen LogP contribution < -0.4 is 9.80 Å². The Morgan fingerprint density at radius 1 is 0.316 bits per heavy atom. The minimum atomic E-state index is -0.107. The number of anilines is 6. The molecule has 0 saturated carbocycles. The van der Waals surface area contributed by atoms with Gasteiger partial charge in [0.1, 0.15) is 0 Å². The summed E-state index contributed by atoms with van der Waals surface area (Å²) in [6.07, 6.45) is 1.03. The predicted octanol–water partition coefficient (Wildman–Crippen LogP) is 22.6. The van der Waals surface area contributed by atoms with Gasteiger partial charge < -0.3 is 9.80 Å². The highest BCUT2D eigenvalue weighted by atomic mass is 35.5.